The van der Waals surface area contributed by atoms with Gasteiger partial charge in [0, 0.05) is 26.4 Å². The first kappa shape index (κ1) is 17.1. The standard InChI is InChI=1S/C21H16FNOS3/c1-12-18-14(22)4-2-5-16(18)27-20(12)21(24)23-9-7-15-13(8-11-26-15)19(23)17-6-3-10-25-17/h2-6,8,10-11,19H,7,9H2,1H3/t19-/m0/s1. The van der Waals surface area contributed by atoms with Crippen LogP contribution in [-0.4, -0.2) is 17.4 Å². The Kier molecular flexibility index (Phi) is 4.15. The van der Waals surface area contributed by atoms with Gasteiger partial charge in [-0.25, -0.2) is 4.39 Å². The van der Waals surface area contributed by atoms with Crippen molar-refractivity contribution in [1.82, 2.24) is 4.90 Å². The Balaban J connectivity index is 1.62. The highest BCUT2D eigenvalue weighted by Gasteiger charge is 2.35. The summed E-state index contributed by atoms with van der Waals surface area (Å²) in [5.74, 6) is -0.253. The summed E-state index contributed by atoms with van der Waals surface area (Å²) in [6.45, 7) is 2.54. The molecule has 5 rings (SSSR count). The van der Waals surface area contributed by atoms with Crippen LogP contribution in [0.25, 0.3) is 10.1 Å². The van der Waals surface area contributed by atoms with E-state index >= 15 is 0 Å². The first-order chi connectivity index (χ1) is 13.1. The summed E-state index contributed by atoms with van der Waals surface area (Å²) >= 11 is 4.84. The van der Waals surface area contributed by atoms with Gasteiger partial charge in [-0.15, -0.1) is 34.0 Å². The number of halogens is 1. The average Bonchev–Trinajstić information content (AvgIpc) is 3.40. The number of rotatable bonds is 2. The molecule has 6 heteroatoms. The fourth-order valence-corrected chi connectivity index (χ4v) is 6.81. The average molecular weight is 414 g/mol. The third-order valence-corrected chi connectivity index (χ3v) is 8.30. The molecule has 0 aliphatic carbocycles. The van der Waals surface area contributed by atoms with Crippen LogP contribution >= 0.6 is 34.0 Å². The lowest BCUT2D eigenvalue weighted by atomic mass is 9.98. The van der Waals surface area contributed by atoms with E-state index in [2.05, 4.69) is 22.9 Å². The lowest BCUT2D eigenvalue weighted by molar-refractivity contribution is 0.0703. The highest BCUT2D eigenvalue weighted by atomic mass is 32.1. The Labute approximate surface area is 168 Å². The maximum absolute atomic E-state index is 14.3. The van der Waals surface area contributed by atoms with E-state index < -0.39 is 0 Å². The fourth-order valence-electron chi connectivity index (χ4n) is 3.88. The number of aryl methyl sites for hydroxylation is 1. The largest absolute Gasteiger partial charge is 0.326 e. The molecule has 0 N–H and O–H groups in total. The van der Waals surface area contributed by atoms with Crippen molar-refractivity contribution >= 4 is 50.0 Å². The minimum atomic E-state index is -0.256. The van der Waals surface area contributed by atoms with Crippen molar-refractivity contribution in [2.45, 2.75) is 19.4 Å². The van der Waals surface area contributed by atoms with Crippen LogP contribution in [0, 0.1) is 12.7 Å². The second-order valence-corrected chi connectivity index (χ2v) is 9.67. The third kappa shape index (κ3) is 2.66. The molecule has 0 spiro atoms. The molecule has 136 valence electrons. The Hall–Kier alpha value is -2.02. The van der Waals surface area contributed by atoms with E-state index in [4.69, 9.17) is 0 Å². The normalized spacial score (nSPS) is 16.7. The van der Waals surface area contributed by atoms with Gasteiger partial charge in [-0.2, -0.15) is 0 Å². The number of thiophene rings is 3. The second kappa shape index (κ2) is 6.55. The van der Waals surface area contributed by atoms with E-state index in [0.29, 0.717) is 16.8 Å². The van der Waals surface area contributed by atoms with E-state index in [1.165, 1.54) is 32.7 Å². The number of amides is 1. The molecule has 3 aromatic heterocycles. The summed E-state index contributed by atoms with van der Waals surface area (Å²) < 4.78 is 15.1. The molecule has 1 aliphatic rings. The molecule has 0 unspecified atom stereocenters. The van der Waals surface area contributed by atoms with E-state index in [0.717, 1.165) is 16.7 Å². The Bertz CT molecular complexity index is 1140. The minimum Gasteiger partial charge on any atom is -0.326 e. The van der Waals surface area contributed by atoms with Gasteiger partial charge in [0.1, 0.15) is 5.82 Å². The Morgan fingerprint density at radius 2 is 2.04 bits per heavy atom. The van der Waals surface area contributed by atoms with Gasteiger partial charge in [0.05, 0.1) is 10.9 Å². The van der Waals surface area contributed by atoms with Crippen LogP contribution in [0.1, 0.15) is 36.6 Å². The van der Waals surface area contributed by atoms with Gasteiger partial charge < -0.3 is 4.90 Å². The molecule has 0 saturated heterocycles. The number of fused-ring (bicyclic) bond motifs is 2. The van der Waals surface area contributed by atoms with Crippen LogP contribution in [0.2, 0.25) is 0 Å². The molecular weight excluding hydrogens is 397 g/mol. The summed E-state index contributed by atoms with van der Waals surface area (Å²) in [6.07, 6.45) is 0.874. The SMILES string of the molecule is Cc1c(C(=O)N2CCc3sccc3[C@H]2c2cccs2)sc2cccc(F)c12. The first-order valence-corrected chi connectivity index (χ1v) is 11.3. The van der Waals surface area contributed by atoms with Gasteiger partial charge in [0.25, 0.3) is 5.91 Å². The topological polar surface area (TPSA) is 20.3 Å². The molecule has 0 radical (unpaired) electrons. The number of hydrogen-bond donors (Lipinski definition) is 0. The predicted molar refractivity (Wildman–Crippen MR) is 112 cm³/mol. The van der Waals surface area contributed by atoms with E-state index in [1.54, 1.807) is 28.7 Å². The molecule has 27 heavy (non-hydrogen) atoms. The molecule has 4 heterocycles. The summed E-state index contributed by atoms with van der Waals surface area (Å²) in [5.41, 5.74) is 1.98. The maximum atomic E-state index is 14.3. The van der Waals surface area contributed by atoms with Crippen molar-refractivity contribution in [2.75, 3.05) is 6.54 Å². The lowest BCUT2D eigenvalue weighted by Crippen LogP contribution is -2.39. The number of carbonyl (C=O) groups excluding carboxylic acids is 1. The molecule has 4 aromatic rings. The second-order valence-electron chi connectivity index (χ2n) is 6.63. The zero-order valence-electron chi connectivity index (χ0n) is 14.6. The van der Waals surface area contributed by atoms with Crippen LogP contribution in [-0.2, 0) is 6.42 Å². The first-order valence-electron chi connectivity index (χ1n) is 8.73. The molecule has 1 aliphatic heterocycles. The zero-order valence-corrected chi connectivity index (χ0v) is 17.0. The van der Waals surface area contributed by atoms with Crippen molar-refractivity contribution < 1.29 is 9.18 Å². The van der Waals surface area contributed by atoms with E-state index in [1.807, 2.05) is 24.0 Å². The molecule has 0 saturated carbocycles. The van der Waals surface area contributed by atoms with Crippen LogP contribution in [0.5, 0.6) is 0 Å². The quantitative estimate of drug-likeness (QED) is 0.380. The van der Waals surface area contributed by atoms with Gasteiger partial charge in [0.2, 0.25) is 0 Å². The lowest BCUT2D eigenvalue weighted by Gasteiger charge is -2.35. The van der Waals surface area contributed by atoms with E-state index in [9.17, 15) is 9.18 Å². The van der Waals surface area contributed by atoms with Gasteiger partial charge in [-0.05, 0) is 59.5 Å². The monoisotopic (exact) mass is 413 g/mol. The van der Waals surface area contributed by atoms with Crippen molar-refractivity contribution in [1.29, 1.82) is 0 Å². The van der Waals surface area contributed by atoms with Crippen LogP contribution < -0.4 is 0 Å². The van der Waals surface area contributed by atoms with Crippen molar-refractivity contribution in [3.63, 3.8) is 0 Å². The highest BCUT2D eigenvalue weighted by molar-refractivity contribution is 7.21. The number of benzene rings is 1. The Morgan fingerprint density at radius 3 is 2.81 bits per heavy atom. The predicted octanol–water partition coefficient (Wildman–Crippen LogP) is 6.26. The smallest absolute Gasteiger partial charge is 0.265 e. The maximum Gasteiger partial charge on any atom is 0.265 e. The summed E-state index contributed by atoms with van der Waals surface area (Å²) in [6, 6.07) is 11.3. The molecule has 0 fully saturated rings. The fraction of sp³-hybridized carbons (Fsp3) is 0.190. The molecular formula is C21H16FNOS3. The van der Waals surface area contributed by atoms with Crippen molar-refractivity contribution in [3.05, 3.63) is 78.7 Å². The molecule has 1 atom stereocenters. The summed E-state index contributed by atoms with van der Waals surface area (Å²) in [5, 5.41) is 4.74. The third-order valence-electron chi connectivity index (χ3n) is 5.14. The van der Waals surface area contributed by atoms with Gasteiger partial charge in [-0.3, -0.25) is 4.79 Å². The van der Waals surface area contributed by atoms with Crippen LogP contribution in [0.15, 0.2) is 47.2 Å². The van der Waals surface area contributed by atoms with Gasteiger partial charge >= 0.3 is 0 Å². The zero-order chi connectivity index (χ0) is 18.5. The highest BCUT2D eigenvalue weighted by Crippen LogP contribution is 2.42. The Morgan fingerprint density at radius 1 is 1.15 bits per heavy atom. The molecule has 1 aromatic carbocycles. The van der Waals surface area contributed by atoms with Gasteiger partial charge in [-0.1, -0.05) is 12.1 Å². The van der Waals surface area contributed by atoms with Gasteiger partial charge in [0.15, 0.2) is 0 Å². The van der Waals surface area contributed by atoms with Crippen molar-refractivity contribution in [3.8, 4) is 0 Å². The number of hydrogen-bond acceptors (Lipinski definition) is 4. The minimum absolute atomic E-state index is 0.00310. The van der Waals surface area contributed by atoms with Crippen LogP contribution in [0.4, 0.5) is 4.39 Å². The van der Waals surface area contributed by atoms with Crippen molar-refractivity contribution in [2.24, 2.45) is 0 Å². The summed E-state index contributed by atoms with van der Waals surface area (Å²) in [7, 11) is 0. The molecule has 1 amide bonds. The molecule has 0 bridgehead atoms. The number of carbonyl (C=O) groups is 1. The van der Waals surface area contributed by atoms with E-state index in [-0.39, 0.29) is 17.8 Å². The number of nitrogens with zero attached hydrogens (tertiary/aromatic N) is 1. The van der Waals surface area contributed by atoms with Crippen LogP contribution in [0.3, 0.4) is 0 Å². The molecule has 2 nitrogen and oxygen atoms in total. The summed E-state index contributed by atoms with van der Waals surface area (Å²) in [4.78, 5) is 18.7.